The molecule has 13 heteroatoms. The first kappa shape index (κ1) is 29.5. The first-order chi connectivity index (χ1) is 16.2. The lowest BCUT2D eigenvalue weighted by Gasteiger charge is -2.20. The predicted octanol–water partition coefficient (Wildman–Crippen LogP) is 8.31. The van der Waals surface area contributed by atoms with E-state index in [9.17, 15) is 48.7 Å². The van der Waals surface area contributed by atoms with Crippen LogP contribution in [-0.2, 0) is 6.18 Å². The van der Waals surface area contributed by atoms with Gasteiger partial charge in [0.1, 0.15) is 17.8 Å². The number of halogens is 11. The van der Waals surface area contributed by atoms with Crippen LogP contribution in [0.2, 0.25) is 5.02 Å². The van der Waals surface area contributed by atoms with E-state index in [0.717, 1.165) is 12.1 Å². The Morgan fingerprint density at radius 1 is 0.917 bits per heavy atom. The van der Waals surface area contributed by atoms with E-state index in [1.165, 1.54) is 19.2 Å². The van der Waals surface area contributed by atoms with Crippen molar-refractivity contribution in [2.24, 2.45) is 0 Å². The minimum absolute atomic E-state index is 0.0603. The summed E-state index contributed by atoms with van der Waals surface area (Å²) in [6.07, 6.45) is -15.3. The highest BCUT2D eigenvalue weighted by Crippen LogP contribution is 2.41. The molecule has 0 aliphatic carbocycles. The normalized spacial score (nSPS) is 15.0. The molecule has 2 aromatic rings. The Kier molecular flexibility index (Phi) is 8.44. The van der Waals surface area contributed by atoms with Crippen molar-refractivity contribution in [2.45, 2.75) is 51.3 Å². The van der Waals surface area contributed by atoms with Gasteiger partial charge < -0.3 is 5.32 Å². The molecule has 2 rings (SSSR count). The first-order valence-corrected chi connectivity index (χ1v) is 10.4. The average Bonchev–Trinajstić information content (AvgIpc) is 2.72. The number of benzene rings is 2. The van der Waals surface area contributed by atoms with Gasteiger partial charge in [-0.15, -0.1) is 0 Å². The van der Waals surface area contributed by atoms with E-state index in [4.69, 9.17) is 11.6 Å². The summed E-state index contributed by atoms with van der Waals surface area (Å²) in [4.78, 5) is 12.1. The SMILES string of the molecule is Cc1cc(C(/C=C(\F)c2ccc(C(=O)N[C@H](C)C(F)(F)F)c(C(F)(F)F)c2)C(F)(F)F)cc(C)c1Cl. The van der Waals surface area contributed by atoms with E-state index in [-0.39, 0.29) is 28.3 Å². The van der Waals surface area contributed by atoms with E-state index in [1.807, 2.05) is 0 Å². The number of rotatable bonds is 5. The molecule has 0 spiro atoms. The number of amides is 1. The van der Waals surface area contributed by atoms with Crippen molar-refractivity contribution in [2.75, 3.05) is 0 Å². The zero-order valence-corrected chi connectivity index (χ0v) is 19.4. The van der Waals surface area contributed by atoms with Gasteiger partial charge in [0.05, 0.1) is 11.1 Å². The molecule has 2 aromatic carbocycles. The van der Waals surface area contributed by atoms with Crippen molar-refractivity contribution in [1.82, 2.24) is 5.32 Å². The van der Waals surface area contributed by atoms with Crippen LogP contribution in [0, 0.1) is 13.8 Å². The summed E-state index contributed by atoms with van der Waals surface area (Å²) in [6.45, 7) is 3.34. The molecule has 0 saturated heterocycles. The fourth-order valence-electron chi connectivity index (χ4n) is 3.26. The Hall–Kier alpha value is -2.76. The second-order valence-electron chi connectivity index (χ2n) is 8.00. The predicted molar refractivity (Wildman–Crippen MR) is 113 cm³/mol. The standard InChI is InChI=1S/C23H18ClF10NO/c1-10-6-14(7-11(2)19(10)24)16(22(29,30)31)9-18(25)13-4-5-15(17(8-13)23(32,33)34)20(36)35-12(3)21(26,27)28/h4-9,12,16H,1-3H3,(H,35,36)/b18-9-/t12-,16?/m1/s1. The Bertz CT molecular complexity index is 1140. The maximum absolute atomic E-state index is 14.9. The van der Waals surface area contributed by atoms with E-state index in [2.05, 4.69) is 0 Å². The number of alkyl halides is 9. The van der Waals surface area contributed by atoms with E-state index < -0.39 is 64.5 Å². The number of hydrogen-bond donors (Lipinski definition) is 1. The van der Waals surface area contributed by atoms with Crippen molar-refractivity contribution < 1.29 is 48.7 Å². The molecule has 0 radical (unpaired) electrons. The van der Waals surface area contributed by atoms with E-state index in [0.29, 0.717) is 19.1 Å². The molecule has 2 atom stereocenters. The molecule has 36 heavy (non-hydrogen) atoms. The maximum atomic E-state index is 14.9. The second kappa shape index (κ2) is 10.3. The number of hydrogen-bond acceptors (Lipinski definition) is 1. The van der Waals surface area contributed by atoms with Gasteiger partial charge in [-0.2, -0.15) is 39.5 Å². The molecule has 0 aliphatic heterocycles. The molecule has 0 heterocycles. The van der Waals surface area contributed by atoms with Crippen molar-refractivity contribution in [3.05, 3.63) is 74.8 Å². The second-order valence-corrected chi connectivity index (χ2v) is 8.38. The minimum Gasteiger partial charge on any atom is -0.341 e. The monoisotopic (exact) mass is 549 g/mol. The zero-order valence-electron chi connectivity index (χ0n) is 18.7. The number of carbonyl (C=O) groups is 1. The maximum Gasteiger partial charge on any atom is 0.417 e. The van der Waals surface area contributed by atoms with Crippen LogP contribution < -0.4 is 5.32 Å². The third-order valence-electron chi connectivity index (χ3n) is 5.17. The summed E-state index contributed by atoms with van der Waals surface area (Å²) in [5, 5.41) is 1.54. The van der Waals surface area contributed by atoms with Crippen molar-refractivity contribution in [1.29, 1.82) is 0 Å². The highest BCUT2D eigenvalue weighted by Gasteiger charge is 2.42. The summed E-state index contributed by atoms with van der Waals surface area (Å²) < 4.78 is 135. The number of aryl methyl sites for hydroxylation is 2. The molecular formula is C23H18ClF10NO. The number of nitrogens with one attached hydrogen (secondary N) is 1. The van der Waals surface area contributed by atoms with Crippen LogP contribution in [0.5, 0.6) is 0 Å². The van der Waals surface area contributed by atoms with Crippen molar-refractivity contribution in [3.63, 3.8) is 0 Å². The van der Waals surface area contributed by atoms with Crippen LogP contribution in [-0.4, -0.2) is 24.3 Å². The van der Waals surface area contributed by atoms with Gasteiger partial charge in [-0.25, -0.2) is 4.39 Å². The Balaban J connectivity index is 2.57. The van der Waals surface area contributed by atoms with Crippen LogP contribution in [0.1, 0.15) is 51.0 Å². The Labute approximate surface area is 203 Å². The molecule has 2 nitrogen and oxygen atoms in total. The molecule has 1 unspecified atom stereocenters. The van der Waals surface area contributed by atoms with Crippen LogP contribution in [0.25, 0.3) is 5.83 Å². The van der Waals surface area contributed by atoms with E-state index in [1.54, 1.807) is 0 Å². The molecule has 1 N–H and O–H groups in total. The summed E-state index contributed by atoms with van der Waals surface area (Å²) in [5.41, 5.74) is -3.93. The van der Waals surface area contributed by atoms with Gasteiger partial charge in [-0.3, -0.25) is 4.79 Å². The van der Waals surface area contributed by atoms with Gasteiger partial charge in [0.15, 0.2) is 0 Å². The molecule has 1 amide bonds. The number of allylic oxidation sites excluding steroid dienone is 1. The molecule has 0 saturated carbocycles. The minimum atomic E-state index is -5.34. The van der Waals surface area contributed by atoms with Gasteiger partial charge in [0.2, 0.25) is 0 Å². The molecule has 0 fully saturated rings. The fraction of sp³-hybridized carbons (Fsp3) is 0.348. The summed E-state index contributed by atoms with van der Waals surface area (Å²) >= 11 is 5.95. The largest absolute Gasteiger partial charge is 0.417 e. The topological polar surface area (TPSA) is 29.1 Å². The zero-order chi connectivity index (χ0) is 27.8. The summed E-state index contributed by atoms with van der Waals surface area (Å²) in [5.74, 6) is -6.00. The van der Waals surface area contributed by atoms with E-state index >= 15 is 0 Å². The van der Waals surface area contributed by atoms with Gasteiger partial charge in [-0.05, 0) is 55.7 Å². The molecule has 0 bridgehead atoms. The van der Waals surface area contributed by atoms with Gasteiger partial charge in [0, 0.05) is 10.6 Å². The molecule has 0 aliphatic rings. The van der Waals surface area contributed by atoms with Crippen molar-refractivity contribution in [3.8, 4) is 0 Å². The smallest absolute Gasteiger partial charge is 0.341 e. The highest BCUT2D eigenvalue weighted by atomic mass is 35.5. The fourth-order valence-corrected chi connectivity index (χ4v) is 3.37. The lowest BCUT2D eigenvalue weighted by molar-refractivity contribution is -0.149. The third-order valence-corrected chi connectivity index (χ3v) is 5.76. The van der Waals surface area contributed by atoms with Crippen LogP contribution in [0.4, 0.5) is 43.9 Å². The lowest BCUT2D eigenvalue weighted by atomic mass is 9.93. The quantitative estimate of drug-likeness (QED) is 0.373. The lowest BCUT2D eigenvalue weighted by Crippen LogP contribution is -2.43. The first-order valence-electron chi connectivity index (χ1n) is 10.0. The van der Waals surface area contributed by atoms with Crippen LogP contribution >= 0.6 is 11.6 Å². The van der Waals surface area contributed by atoms with Crippen LogP contribution in [0.15, 0.2) is 36.4 Å². The Morgan fingerprint density at radius 3 is 1.89 bits per heavy atom. The van der Waals surface area contributed by atoms with Gasteiger partial charge in [-0.1, -0.05) is 29.8 Å². The molecular weight excluding hydrogens is 532 g/mol. The van der Waals surface area contributed by atoms with Crippen LogP contribution in [0.3, 0.4) is 0 Å². The van der Waals surface area contributed by atoms with Gasteiger partial charge >= 0.3 is 18.5 Å². The Morgan fingerprint density at radius 2 is 1.44 bits per heavy atom. The highest BCUT2D eigenvalue weighted by molar-refractivity contribution is 6.32. The molecule has 0 aromatic heterocycles. The van der Waals surface area contributed by atoms with Gasteiger partial charge in [0.25, 0.3) is 5.91 Å². The molecule has 198 valence electrons. The summed E-state index contributed by atoms with van der Waals surface area (Å²) in [6, 6.07) is 0.649. The third kappa shape index (κ3) is 6.92. The summed E-state index contributed by atoms with van der Waals surface area (Å²) in [7, 11) is 0. The van der Waals surface area contributed by atoms with Crippen molar-refractivity contribution >= 4 is 23.3 Å². The average molecular weight is 550 g/mol. The number of carbonyl (C=O) groups excluding carboxylic acids is 1.